The number of pyridine rings is 1. The number of alkyl halides is 3. The Labute approximate surface area is 151 Å². The lowest BCUT2D eigenvalue weighted by Crippen LogP contribution is -2.11. The van der Waals surface area contributed by atoms with Crippen molar-refractivity contribution >= 4 is 10.9 Å². The summed E-state index contributed by atoms with van der Waals surface area (Å²) in [5.74, 6) is 0. The van der Waals surface area contributed by atoms with Crippen LogP contribution in [0.1, 0.15) is 5.69 Å². The topological polar surface area (TPSA) is 58.6 Å². The number of fused-ring (bicyclic) bond motifs is 1. The number of hydrogen-bond donors (Lipinski definition) is 1. The van der Waals surface area contributed by atoms with Gasteiger partial charge in [0, 0.05) is 22.7 Å². The molecule has 0 aliphatic heterocycles. The first-order valence-electron chi connectivity index (χ1n) is 8.05. The average molecular weight is 367 g/mol. The number of hydrogen-bond acceptors (Lipinski definition) is 3. The van der Waals surface area contributed by atoms with Gasteiger partial charge in [0.2, 0.25) is 0 Å². The first-order valence-corrected chi connectivity index (χ1v) is 8.05. The Kier molecular flexibility index (Phi) is 3.99. The number of halogens is 3. The molecule has 0 aliphatic rings. The largest absolute Gasteiger partial charge is 0.433 e. The van der Waals surface area contributed by atoms with Crippen LogP contribution in [0.25, 0.3) is 33.3 Å². The minimum atomic E-state index is -4.48. The van der Waals surface area contributed by atoms with Crippen molar-refractivity contribution in [2.45, 2.75) is 6.18 Å². The van der Waals surface area contributed by atoms with E-state index < -0.39 is 17.6 Å². The molecule has 4 rings (SSSR count). The molecule has 2 aromatic heterocycles. The van der Waals surface area contributed by atoms with Gasteiger partial charge >= 0.3 is 11.9 Å². The number of aromatic nitrogens is 3. The standard InChI is InChI=1S/C20H12F3N3O/c21-20(22,23)17-9-7-14(11-24-17)13-6-8-16-15(10-13)18(26-19(27)25-16)12-4-2-1-3-5-12/h1-11H,(H,25,26,27). The Morgan fingerprint density at radius 2 is 1.59 bits per heavy atom. The summed E-state index contributed by atoms with van der Waals surface area (Å²) in [7, 11) is 0. The maximum absolute atomic E-state index is 12.7. The zero-order valence-corrected chi connectivity index (χ0v) is 13.8. The summed E-state index contributed by atoms with van der Waals surface area (Å²) in [6.07, 6.45) is -3.29. The molecule has 0 radical (unpaired) electrons. The molecule has 0 saturated heterocycles. The summed E-state index contributed by atoms with van der Waals surface area (Å²) in [4.78, 5) is 22.1. The van der Waals surface area contributed by atoms with Crippen LogP contribution in [0.5, 0.6) is 0 Å². The third-order valence-electron chi connectivity index (χ3n) is 4.16. The summed E-state index contributed by atoms with van der Waals surface area (Å²) >= 11 is 0. The van der Waals surface area contributed by atoms with Crippen molar-refractivity contribution in [2.75, 3.05) is 0 Å². The number of benzene rings is 2. The third kappa shape index (κ3) is 3.31. The zero-order chi connectivity index (χ0) is 19.0. The molecule has 0 amide bonds. The van der Waals surface area contributed by atoms with Crippen LogP contribution in [0.4, 0.5) is 13.2 Å². The van der Waals surface area contributed by atoms with Crippen molar-refractivity contribution in [2.24, 2.45) is 0 Å². The second-order valence-corrected chi connectivity index (χ2v) is 5.95. The minimum absolute atomic E-state index is 0.467. The van der Waals surface area contributed by atoms with Gasteiger partial charge in [0.05, 0.1) is 11.2 Å². The maximum Gasteiger partial charge on any atom is 0.433 e. The van der Waals surface area contributed by atoms with Crippen molar-refractivity contribution in [3.8, 4) is 22.4 Å². The highest BCUT2D eigenvalue weighted by molar-refractivity contribution is 5.94. The molecule has 0 aliphatic carbocycles. The number of nitrogens with one attached hydrogen (secondary N) is 1. The Morgan fingerprint density at radius 1 is 0.852 bits per heavy atom. The van der Waals surface area contributed by atoms with Gasteiger partial charge in [-0.25, -0.2) is 4.79 Å². The second-order valence-electron chi connectivity index (χ2n) is 5.95. The van der Waals surface area contributed by atoms with Gasteiger partial charge in [-0.1, -0.05) is 42.5 Å². The fraction of sp³-hybridized carbons (Fsp3) is 0.0500. The lowest BCUT2D eigenvalue weighted by molar-refractivity contribution is -0.141. The Morgan fingerprint density at radius 3 is 2.26 bits per heavy atom. The number of nitrogens with zero attached hydrogens (tertiary/aromatic N) is 2. The van der Waals surface area contributed by atoms with Gasteiger partial charge < -0.3 is 4.98 Å². The van der Waals surface area contributed by atoms with Crippen LogP contribution in [0.3, 0.4) is 0 Å². The SMILES string of the molecule is O=c1nc(-c2ccccc2)c2cc(-c3ccc(C(F)(F)F)nc3)ccc2[nH]1. The molecule has 0 fully saturated rings. The van der Waals surface area contributed by atoms with E-state index in [9.17, 15) is 18.0 Å². The fourth-order valence-electron chi connectivity index (χ4n) is 2.88. The lowest BCUT2D eigenvalue weighted by Gasteiger charge is -2.09. The summed E-state index contributed by atoms with van der Waals surface area (Å²) in [5.41, 5.74) is 1.68. The predicted octanol–water partition coefficient (Wildman–Crippen LogP) is 4.67. The Balaban J connectivity index is 1.87. The monoisotopic (exact) mass is 367 g/mol. The molecule has 0 unspecified atom stereocenters. The van der Waals surface area contributed by atoms with Gasteiger partial charge in [-0.15, -0.1) is 0 Å². The van der Waals surface area contributed by atoms with Gasteiger partial charge in [-0.3, -0.25) is 4.98 Å². The van der Waals surface area contributed by atoms with Crippen LogP contribution >= 0.6 is 0 Å². The van der Waals surface area contributed by atoms with E-state index in [1.165, 1.54) is 12.3 Å². The van der Waals surface area contributed by atoms with Crippen LogP contribution in [0.2, 0.25) is 0 Å². The number of aromatic amines is 1. The van der Waals surface area contributed by atoms with E-state index in [-0.39, 0.29) is 0 Å². The molecule has 0 atom stereocenters. The highest BCUT2D eigenvalue weighted by Gasteiger charge is 2.32. The van der Waals surface area contributed by atoms with E-state index >= 15 is 0 Å². The van der Waals surface area contributed by atoms with Gasteiger partial charge in [0.1, 0.15) is 5.69 Å². The second kappa shape index (κ2) is 6.35. The predicted molar refractivity (Wildman–Crippen MR) is 96.0 cm³/mol. The van der Waals surface area contributed by atoms with E-state index in [0.717, 1.165) is 11.6 Å². The van der Waals surface area contributed by atoms with Crippen LogP contribution < -0.4 is 5.69 Å². The van der Waals surface area contributed by atoms with E-state index in [4.69, 9.17) is 0 Å². The van der Waals surface area contributed by atoms with Crippen LogP contribution in [0, 0.1) is 0 Å². The molecule has 0 spiro atoms. The van der Waals surface area contributed by atoms with E-state index in [1.807, 2.05) is 30.3 Å². The number of H-pyrrole nitrogens is 1. The van der Waals surface area contributed by atoms with Crippen LogP contribution in [-0.2, 0) is 6.18 Å². The highest BCUT2D eigenvalue weighted by atomic mass is 19.4. The fourth-order valence-corrected chi connectivity index (χ4v) is 2.88. The summed E-state index contributed by atoms with van der Waals surface area (Å²) in [6.45, 7) is 0. The average Bonchev–Trinajstić information content (AvgIpc) is 2.67. The molecular formula is C20H12F3N3O. The molecule has 4 nitrogen and oxygen atoms in total. The van der Waals surface area contributed by atoms with Crippen molar-refractivity contribution in [3.63, 3.8) is 0 Å². The van der Waals surface area contributed by atoms with Gasteiger partial charge in [0.25, 0.3) is 0 Å². The van der Waals surface area contributed by atoms with Gasteiger partial charge in [-0.05, 0) is 23.8 Å². The Bertz CT molecular complexity index is 1170. The van der Waals surface area contributed by atoms with E-state index in [0.29, 0.717) is 27.7 Å². The van der Waals surface area contributed by atoms with Crippen molar-refractivity contribution in [3.05, 3.63) is 83.0 Å². The molecule has 0 bridgehead atoms. The zero-order valence-electron chi connectivity index (χ0n) is 13.8. The first kappa shape index (κ1) is 17.0. The van der Waals surface area contributed by atoms with Crippen molar-refractivity contribution in [1.82, 2.24) is 15.0 Å². The molecular weight excluding hydrogens is 355 g/mol. The molecule has 2 heterocycles. The smallest absolute Gasteiger partial charge is 0.305 e. The van der Waals surface area contributed by atoms with Crippen LogP contribution in [0.15, 0.2) is 71.7 Å². The molecule has 0 saturated carbocycles. The van der Waals surface area contributed by atoms with Crippen LogP contribution in [-0.4, -0.2) is 15.0 Å². The van der Waals surface area contributed by atoms with E-state index in [2.05, 4.69) is 15.0 Å². The molecule has 27 heavy (non-hydrogen) atoms. The molecule has 134 valence electrons. The Hall–Kier alpha value is -3.48. The molecule has 4 aromatic rings. The minimum Gasteiger partial charge on any atom is -0.305 e. The van der Waals surface area contributed by atoms with Gasteiger partial charge in [-0.2, -0.15) is 18.2 Å². The van der Waals surface area contributed by atoms with Gasteiger partial charge in [0.15, 0.2) is 0 Å². The van der Waals surface area contributed by atoms with E-state index in [1.54, 1.807) is 18.2 Å². The quantitative estimate of drug-likeness (QED) is 0.560. The summed E-state index contributed by atoms with van der Waals surface area (Å²) in [5, 5.41) is 0.693. The lowest BCUT2D eigenvalue weighted by atomic mass is 10.0. The normalized spacial score (nSPS) is 11.7. The molecule has 1 N–H and O–H groups in total. The maximum atomic E-state index is 12.7. The van der Waals surface area contributed by atoms with Crippen molar-refractivity contribution in [1.29, 1.82) is 0 Å². The summed E-state index contributed by atoms with van der Waals surface area (Å²) in [6, 6.07) is 16.8. The molecule has 2 aromatic carbocycles. The van der Waals surface area contributed by atoms with Crippen molar-refractivity contribution < 1.29 is 13.2 Å². The molecule has 7 heteroatoms. The first-order chi connectivity index (χ1) is 12.9. The third-order valence-corrected chi connectivity index (χ3v) is 4.16. The highest BCUT2D eigenvalue weighted by Crippen LogP contribution is 2.31. The summed E-state index contributed by atoms with van der Waals surface area (Å²) < 4.78 is 38.1. The number of rotatable bonds is 2.